The lowest BCUT2D eigenvalue weighted by molar-refractivity contribution is -0.154. The topological polar surface area (TPSA) is 60.4 Å². The molecule has 0 amide bonds. The van der Waals surface area contributed by atoms with Gasteiger partial charge in [-0.15, -0.1) is 0 Å². The van der Waals surface area contributed by atoms with Crippen molar-refractivity contribution in [3.63, 3.8) is 0 Å². The average Bonchev–Trinajstić information content (AvgIpc) is 2.35. The summed E-state index contributed by atoms with van der Waals surface area (Å²) in [6, 6.07) is 1.64. The summed E-state index contributed by atoms with van der Waals surface area (Å²) in [6.07, 6.45) is -0.0432. The van der Waals surface area contributed by atoms with Gasteiger partial charge in [0.15, 0.2) is 0 Å². The van der Waals surface area contributed by atoms with Gasteiger partial charge in [0.2, 0.25) is 0 Å². The molecule has 0 aliphatic carbocycles. The Morgan fingerprint density at radius 2 is 1.67 bits per heavy atom. The summed E-state index contributed by atoms with van der Waals surface area (Å²) in [5, 5.41) is -0.846. The predicted molar refractivity (Wildman–Crippen MR) is 83.9 cm³/mol. The fourth-order valence-corrected chi connectivity index (χ4v) is 3.37. The quantitative estimate of drug-likeness (QED) is 0.687. The molecule has 1 rings (SSSR count). The van der Waals surface area contributed by atoms with Crippen LogP contribution in [-0.4, -0.2) is 25.5 Å². The number of halogens is 5. The summed E-state index contributed by atoms with van der Waals surface area (Å²) in [6.45, 7) is 5.06. The van der Waals surface area contributed by atoms with Crippen molar-refractivity contribution in [1.82, 2.24) is 0 Å². The predicted octanol–water partition coefficient (Wildman–Crippen LogP) is 4.56. The Labute approximate surface area is 147 Å². The molecule has 1 aromatic carbocycles. The van der Waals surface area contributed by atoms with Gasteiger partial charge in [-0.3, -0.25) is 4.79 Å². The third-order valence-electron chi connectivity index (χ3n) is 2.71. The van der Waals surface area contributed by atoms with Crippen LogP contribution in [0.5, 0.6) is 0 Å². The lowest BCUT2D eigenvalue weighted by Gasteiger charge is -2.19. The molecule has 136 valence electrons. The summed E-state index contributed by atoms with van der Waals surface area (Å²) in [7, 11) is -5.61. The third-order valence-corrected chi connectivity index (χ3v) is 5.02. The van der Waals surface area contributed by atoms with Crippen molar-refractivity contribution < 1.29 is 31.1 Å². The van der Waals surface area contributed by atoms with E-state index in [9.17, 15) is 26.4 Å². The van der Waals surface area contributed by atoms with E-state index >= 15 is 0 Å². The van der Waals surface area contributed by atoms with Crippen molar-refractivity contribution in [2.24, 2.45) is 0 Å². The molecule has 0 saturated carbocycles. The molecule has 0 aliphatic heterocycles. The van der Waals surface area contributed by atoms with Crippen LogP contribution in [0.4, 0.5) is 13.2 Å². The Bertz CT molecular complexity index is 738. The van der Waals surface area contributed by atoms with Crippen LogP contribution in [0.3, 0.4) is 0 Å². The lowest BCUT2D eigenvalue weighted by Crippen LogP contribution is -2.24. The van der Waals surface area contributed by atoms with Crippen LogP contribution >= 0.6 is 23.2 Å². The van der Waals surface area contributed by atoms with Gasteiger partial charge >= 0.3 is 11.5 Å². The van der Waals surface area contributed by atoms with E-state index in [4.69, 9.17) is 27.9 Å². The Morgan fingerprint density at radius 3 is 2.12 bits per heavy atom. The van der Waals surface area contributed by atoms with Crippen molar-refractivity contribution in [1.29, 1.82) is 0 Å². The smallest absolute Gasteiger partial charge is 0.460 e. The number of hydrogen-bond donors (Lipinski definition) is 0. The third kappa shape index (κ3) is 5.26. The molecule has 0 atom stereocenters. The normalized spacial score (nSPS) is 13.0. The maximum atomic E-state index is 12.6. The molecule has 0 unspecified atom stereocenters. The number of alkyl halides is 3. The van der Waals surface area contributed by atoms with Gasteiger partial charge in [-0.2, -0.15) is 13.2 Å². The summed E-state index contributed by atoms with van der Waals surface area (Å²) < 4.78 is 65.7. The van der Waals surface area contributed by atoms with Crippen LogP contribution in [0.25, 0.3) is 0 Å². The summed E-state index contributed by atoms with van der Waals surface area (Å²) in [5.41, 5.74) is -5.92. The molecule has 0 N–H and O–H groups in total. The second kappa shape index (κ2) is 7.09. The summed E-state index contributed by atoms with van der Waals surface area (Å²) in [4.78, 5) is 10.5. The minimum atomic E-state index is -5.61. The van der Waals surface area contributed by atoms with Crippen molar-refractivity contribution in [3.05, 3.63) is 27.7 Å². The van der Waals surface area contributed by atoms with Gasteiger partial charge in [0, 0.05) is 11.4 Å². The summed E-state index contributed by atoms with van der Waals surface area (Å²) in [5.74, 6) is -0.526. The Hall–Kier alpha value is -0.990. The number of carbonyl (C=O) groups is 1. The number of esters is 1. The van der Waals surface area contributed by atoms with Gasteiger partial charge in [-0.05, 0) is 44.9 Å². The highest BCUT2D eigenvalue weighted by atomic mass is 35.5. The van der Waals surface area contributed by atoms with Gasteiger partial charge in [0.1, 0.15) is 5.60 Å². The van der Waals surface area contributed by atoms with E-state index in [1.807, 2.05) is 0 Å². The summed E-state index contributed by atoms with van der Waals surface area (Å²) >= 11 is 11.5. The molecular formula is C14H15Cl2F3O4S. The molecule has 24 heavy (non-hydrogen) atoms. The van der Waals surface area contributed by atoms with Crippen molar-refractivity contribution in [2.45, 2.75) is 49.6 Å². The highest BCUT2D eigenvalue weighted by Gasteiger charge is 2.48. The lowest BCUT2D eigenvalue weighted by atomic mass is 10.1. The van der Waals surface area contributed by atoms with Gasteiger partial charge in [-0.25, -0.2) is 8.42 Å². The van der Waals surface area contributed by atoms with Crippen LogP contribution in [0, 0.1) is 0 Å². The number of ether oxygens (including phenoxy) is 1. The molecule has 0 spiro atoms. The molecule has 0 bridgehead atoms. The van der Waals surface area contributed by atoms with E-state index in [-0.39, 0.29) is 23.4 Å². The van der Waals surface area contributed by atoms with Crippen molar-refractivity contribution in [3.8, 4) is 0 Å². The first-order valence-corrected chi connectivity index (χ1v) is 8.90. The van der Waals surface area contributed by atoms with E-state index in [0.29, 0.717) is 6.07 Å². The first-order chi connectivity index (χ1) is 10.6. The monoisotopic (exact) mass is 406 g/mol. The second-order valence-corrected chi connectivity index (χ2v) is 8.63. The van der Waals surface area contributed by atoms with Gasteiger partial charge in [-0.1, -0.05) is 23.2 Å². The van der Waals surface area contributed by atoms with E-state index in [1.54, 1.807) is 20.8 Å². The number of sulfone groups is 1. The zero-order valence-corrected chi connectivity index (χ0v) is 15.3. The van der Waals surface area contributed by atoms with Gasteiger partial charge in [0.25, 0.3) is 9.84 Å². The molecule has 0 aliphatic rings. The standard InChI is InChI=1S/C14H15Cl2F3O4S/c1-13(2,3)23-12(20)5-4-8-6-10(16)11(7-9(8)15)24(21,22)14(17,18)19/h6-7H,4-5H2,1-3H3. The largest absolute Gasteiger partial charge is 0.501 e. The Kier molecular flexibility index (Phi) is 6.22. The van der Waals surface area contributed by atoms with Crippen molar-refractivity contribution in [2.75, 3.05) is 0 Å². The van der Waals surface area contributed by atoms with E-state index < -0.39 is 36.8 Å². The maximum Gasteiger partial charge on any atom is 0.501 e. The maximum absolute atomic E-state index is 12.6. The first kappa shape index (κ1) is 21.1. The molecule has 4 nitrogen and oxygen atoms in total. The van der Waals surface area contributed by atoms with E-state index in [0.717, 1.165) is 6.07 Å². The number of benzene rings is 1. The highest BCUT2D eigenvalue weighted by Crippen LogP contribution is 2.37. The first-order valence-electron chi connectivity index (χ1n) is 6.66. The fraction of sp³-hybridized carbons (Fsp3) is 0.500. The average molecular weight is 407 g/mol. The SMILES string of the molecule is CC(C)(C)OC(=O)CCc1cc(Cl)c(S(=O)(=O)C(F)(F)F)cc1Cl. The molecule has 1 aromatic rings. The highest BCUT2D eigenvalue weighted by molar-refractivity contribution is 7.92. The molecule has 10 heteroatoms. The van der Waals surface area contributed by atoms with Crippen LogP contribution in [0.1, 0.15) is 32.8 Å². The molecule has 0 aromatic heterocycles. The second-order valence-electron chi connectivity index (χ2n) is 5.91. The molecule has 0 radical (unpaired) electrons. The van der Waals surface area contributed by atoms with Crippen LogP contribution in [-0.2, 0) is 25.8 Å². The minimum absolute atomic E-state index is 0.0415. The van der Waals surface area contributed by atoms with Gasteiger partial charge < -0.3 is 4.74 Å². The Balaban J connectivity index is 3.04. The number of carbonyl (C=O) groups excluding carboxylic acids is 1. The zero-order chi connectivity index (χ0) is 18.9. The van der Waals surface area contributed by atoms with Crippen molar-refractivity contribution >= 4 is 39.0 Å². The number of aryl methyl sites for hydroxylation is 1. The van der Waals surface area contributed by atoms with Crippen LogP contribution < -0.4 is 0 Å². The zero-order valence-electron chi connectivity index (χ0n) is 13.0. The van der Waals surface area contributed by atoms with E-state index in [2.05, 4.69) is 0 Å². The van der Waals surface area contributed by atoms with Crippen LogP contribution in [0.15, 0.2) is 17.0 Å². The minimum Gasteiger partial charge on any atom is -0.460 e. The number of rotatable bonds is 4. The number of hydrogen-bond acceptors (Lipinski definition) is 4. The van der Waals surface area contributed by atoms with E-state index in [1.165, 1.54) is 0 Å². The van der Waals surface area contributed by atoms with Crippen LogP contribution in [0.2, 0.25) is 10.0 Å². The molecule has 0 saturated heterocycles. The fourth-order valence-electron chi connectivity index (χ4n) is 1.72. The molecule has 0 heterocycles. The Morgan fingerprint density at radius 1 is 1.12 bits per heavy atom. The molecule has 0 fully saturated rings. The molecular weight excluding hydrogens is 392 g/mol. The van der Waals surface area contributed by atoms with Gasteiger partial charge in [0.05, 0.1) is 9.92 Å².